The van der Waals surface area contributed by atoms with Crippen LogP contribution in [0.5, 0.6) is 0 Å². The van der Waals surface area contributed by atoms with E-state index in [1.807, 2.05) is 0 Å². The molecule has 10 heteroatoms. The maximum atomic E-state index is 14.8. The summed E-state index contributed by atoms with van der Waals surface area (Å²) in [5.74, 6) is -7.34. The van der Waals surface area contributed by atoms with Crippen LogP contribution in [-0.4, -0.2) is 44.7 Å². The second-order valence-corrected chi connectivity index (χ2v) is 11.5. The van der Waals surface area contributed by atoms with E-state index in [9.17, 15) is 30.8 Å². The molecule has 0 saturated carbocycles. The van der Waals surface area contributed by atoms with Gasteiger partial charge in [0.1, 0.15) is 5.69 Å². The number of benzene rings is 2. The van der Waals surface area contributed by atoms with Gasteiger partial charge in [-0.1, -0.05) is 24.3 Å². The van der Waals surface area contributed by atoms with Crippen LogP contribution in [0.3, 0.4) is 0 Å². The fourth-order valence-electron chi connectivity index (χ4n) is 3.91. The monoisotopic (exact) mass is 501 g/mol. The molecule has 2 atom stereocenters. The summed E-state index contributed by atoms with van der Waals surface area (Å²) in [7, 11) is -3.35. The molecule has 1 fully saturated rings. The summed E-state index contributed by atoms with van der Waals surface area (Å²) >= 11 is 0. The smallest absolute Gasteiger partial charge is 0.185 e. The Kier molecular flexibility index (Phi) is 7.72. The van der Waals surface area contributed by atoms with Crippen molar-refractivity contribution in [3.8, 4) is 0 Å². The van der Waals surface area contributed by atoms with Gasteiger partial charge in [0.05, 0.1) is 23.2 Å². The Balaban J connectivity index is 1.85. The molecule has 1 aliphatic heterocycles. The van der Waals surface area contributed by atoms with Gasteiger partial charge in [-0.15, -0.1) is 0 Å². The minimum Gasteiger partial charge on any atom is -0.372 e. The average molecular weight is 502 g/mol. The normalized spacial score (nSPS) is 19.0. The van der Waals surface area contributed by atoms with Crippen molar-refractivity contribution in [2.75, 3.05) is 18.0 Å². The third-order valence-electron chi connectivity index (χ3n) is 5.77. The lowest BCUT2D eigenvalue weighted by Gasteiger charge is -2.37. The minimum atomic E-state index is -3.35. The van der Waals surface area contributed by atoms with Crippen molar-refractivity contribution < 1.29 is 35.5 Å². The van der Waals surface area contributed by atoms with E-state index in [0.29, 0.717) is 5.56 Å². The molecular formula is C24H27F4NO4S. The van der Waals surface area contributed by atoms with Gasteiger partial charge in [0, 0.05) is 30.6 Å². The summed E-state index contributed by atoms with van der Waals surface area (Å²) in [6.07, 6.45) is -1.69. The lowest BCUT2D eigenvalue weighted by Crippen LogP contribution is -2.46. The van der Waals surface area contributed by atoms with E-state index < -0.39 is 74.0 Å². The molecule has 2 aromatic carbocycles. The van der Waals surface area contributed by atoms with Crippen molar-refractivity contribution in [2.45, 2.75) is 57.3 Å². The van der Waals surface area contributed by atoms with Gasteiger partial charge in [-0.2, -0.15) is 0 Å². The quantitative estimate of drug-likeness (QED) is 0.315. The Morgan fingerprint density at radius 1 is 0.971 bits per heavy atom. The highest BCUT2D eigenvalue weighted by Crippen LogP contribution is 2.33. The predicted octanol–water partition coefficient (Wildman–Crippen LogP) is 4.61. The van der Waals surface area contributed by atoms with E-state index in [-0.39, 0.29) is 24.4 Å². The molecule has 0 spiro atoms. The lowest BCUT2D eigenvalue weighted by molar-refractivity contribution is -0.00566. The number of nitrogens with zero attached hydrogens (tertiary/aromatic N) is 1. The molecule has 1 saturated heterocycles. The summed E-state index contributed by atoms with van der Waals surface area (Å²) < 4.78 is 88.9. The number of halogens is 4. The van der Waals surface area contributed by atoms with Gasteiger partial charge < -0.3 is 9.64 Å². The molecule has 1 heterocycles. The van der Waals surface area contributed by atoms with E-state index in [4.69, 9.17) is 4.74 Å². The second kappa shape index (κ2) is 10.0. The molecule has 2 aromatic rings. The van der Waals surface area contributed by atoms with Gasteiger partial charge in [0.2, 0.25) is 0 Å². The fourth-order valence-corrected chi connectivity index (χ4v) is 4.90. The molecule has 0 aromatic heterocycles. The molecule has 0 radical (unpaired) electrons. The number of rotatable bonds is 7. The third-order valence-corrected chi connectivity index (χ3v) is 7.94. The van der Waals surface area contributed by atoms with Crippen LogP contribution in [0.4, 0.5) is 23.2 Å². The van der Waals surface area contributed by atoms with Crippen LogP contribution < -0.4 is 4.90 Å². The highest BCUT2D eigenvalue weighted by atomic mass is 32.2. The topological polar surface area (TPSA) is 63.7 Å². The van der Waals surface area contributed by atoms with E-state index >= 15 is 0 Å². The van der Waals surface area contributed by atoms with Crippen LogP contribution >= 0.6 is 0 Å². The molecule has 34 heavy (non-hydrogen) atoms. The first-order chi connectivity index (χ1) is 15.8. The number of carbonyl (C=O) groups is 1. The molecule has 0 aliphatic carbocycles. The van der Waals surface area contributed by atoms with Gasteiger partial charge in [-0.25, -0.2) is 26.0 Å². The highest BCUT2D eigenvalue weighted by Gasteiger charge is 2.33. The van der Waals surface area contributed by atoms with Gasteiger partial charge in [-0.3, -0.25) is 4.79 Å². The number of anilines is 1. The van der Waals surface area contributed by atoms with Gasteiger partial charge in [0.25, 0.3) is 0 Å². The van der Waals surface area contributed by atoms with Crippen LogP contribution in [0.25, 0.3) is 0 Å². The van der Waals surface area contributed by atoms with Crippen molar-refractivity contribution in [3.05, 3.63) is 64.2 Å². The van der Waals surface area contributed by atoms with Crippen molar-refractivity contribution in [1.29, 1.82) is 0 Å². The number of Topliss-reactive ketones (excluding diaryl/α,β-unsaturated/α-hetero) is 1. The number of carbonyl (C=O) groups excluding carboxylic acids is 1. The SMILES string of the molecule is CC(C)S(=O)(=O)Cc1ccc(C(=O)Cc2c(F)c(F)c(N3C[C@@H](C)O[C@@H](C)C3)c(F)c2F)cc1. The zero-order chi connectivity index (χ0) is 25.4. The molecule has 0 amide bonds. The van der Waals surface area contributed by atoms with E-state index in [0.717, 1.165) is 0 Å². The second-order valence-electron chi connectivity index (χ2n) is 8.90. The van der Waals surface area contributed by atoms with E-state index in [1.54, 1.807) is 27.7 Å². The Hall–Kier alpha value is -2.46. The van der Waals surface area contributed by atoms with Crippen LogP contribution in [-0.2, 0) is 26.7 Å². The summed E-state index contributed by atoms with van der Waals surface area (Å²) in [6, 6.07) is 5.48. The zero-order valence-electron chi connectivity index (χ0n) is 19.4. The van der Waals surface area contributed by atoms with Gasteiger partial charge in [0.15, 0.2) is 38.9 Å². The first-order valence-corrected chi connectivity index (χ1v) is 12.6. The largest absolute Gasteiger partial charge is 0.372 e. The first kappa shape index (κ1) is 26.2. The van der Waals surface area contributed by atoms with Crippen LogP contribution in [0, 0.1) is 23.3 Å². The number of hydrogen-bond donors (Lipinski definition) is 0. The molecule has 5 nitrogen and oxygen atoms in total. The first-order valence-electron chi connectivity index (χ1n) is 10.9. The molecule has 186 valence electrons. The van der Waals surface area contributed by atoms with E-state index in [1.165, 1.54) is 29.2 Å². The van der Waals surface area contributed by atoms with Crippen LogP contribution in [0.15, 0.2) is 24.3 Å². The molecule has 0 N–H and O–H groups in total. The number of hydrogen-bond acceptors (Lipinski definition) is 5. The van der Waals surface area contributed by atoms with Crippen molar-refractivity contribution >= 4 is 21.3 Å². The number of ketones is 1. The average Bonchev–Trinajstić information content (AvgIpc) is 2.75. The lowest BCUT2D eigenvalue weighted by atomic mass is 10.00. The molecule has 0 unspecified atom stereocenters. The van der Waals surface area contributed by atoms with Gasteiger partial charge in [-0.05, 0) is 33.3 Å². The standard InChI is InChI=1S/C24H27F4NO4S/c1-13(2)34(31,32)12-16-5-7-17(8-6-16)19(30)9-18-20(25)22(27)24(23(28)21(18)26)29-10-14(3)33-15(4)11-29/h5-8,13-15H,9-12H2,1-4H3/t14-,15+. The number of sulfone groups is 1. The van der Waals surface area contributed by atoms with Crippen LogP contribution in [0.2, 0.25) is 0 Å². The van der Waals surface area contributed by atoms with Crippen molar-refractivity contribution in [3.63, 3.8) is 0 Å². The number of ether oxygens (including phenoxy) is 1. The Labute approximate surface area is 196 Å². The summed E-state index contributed by atoms with van der Waals surface area (Å²) in [5.41, 5.74) is -1.34. The Morgan fingerprint density at radius 2 is 1.47 bits per heavy atom. The van der Waals surface area contributed by atoms with Gasteiger partial charge >= 0.3 is 0 Å². The summed E-state index contributed by atoms with van der Waals surface area (Å²) in [5, 5.41) is -0.573. The number of morpholine rings is 1. The molecular weight excluding hydrogens is 474 g/mol. The summed E-state index contributed by atoms with van der Waals surface area (Å²) in [4.78, 5) is 13.8. The van der Waals surface area contributed by atoms with Crippen LogP contribution in [0.1, 0.15) is 49.2 Å². The maximum Gasteiger partial charge on any atom is 0.185 e. The van der Waals surface area contributed by atoms with E-state index in [2.05, 4.69) is 0 Å². The summed E-state index contributed by atoms with van der Waals surface area (Å²) in [6.45, 7) is 6.58. The highest BCUT2D eigenvalue weighted by molar-refractivity contribution is 7.91. The molecule has 1 aliphatic rings. The maximum absolute atomic E-state index is 14.8. The Morgan fingerprint density at radius 3 is 1.94 bits per heavy atom. The molecule has 0 bridgehead atoms. The zero-order valence-corrected chi connectivity index (χ0v) is 20.2. The van der Waals surface area contributed by atoms with Crippen molar-refractivity contribution in [2.24, 2.45) is 0 Å². The molecule has 3 rings (SSSR count). The van der Waals surface area contributed by atoms with Crippen molar-refractivity contribution in [1.82, 2.24) is 0 Å². The minimum absolute atomic E-state index is 0.0326. The fraction of sp³-hybridized carbons (Fsp3) is 0.458. The predicted molar refractivity (Wildman–Crippen MR) is 121 cm³/mol. The third kappa shape index (κ3) is 5.43. The Bertz CT molecular complexity index is 1140.